The molecular formula is C23H26N4O4. The number of hydrogen-bond acceptors (Lipinski definition) is 5. The largest absolute Gasteiger partial charge is 0.497 e. The van der Waals surface area contributed by atoms with Crippen LogP contribution in [0.4, 0.5) is 5.69 Å². The molecular weight excluding hydrogens is 396 g/mol. The number of methoxy groups -OCH3 is 1. The van der Waals surface area contributed by atoms with Gasteiger partial charge in [0.2, 0.25) is 0 Å². The summed E-state index contributed by atoms with van der Waals surface area (Å²) in [4.78, 5) is 16.2. The zero-order valence-electron chi connectivity index (χ0n) is 17.6. The molecule has 0 fully saturated rings. The Morgan fingerprint density at radius 1 is 1.00 bits per heavy atom. The molecule has 1 heterocycles. The summed E-state index contributed by atoms with van der Waals surface area (Å²) in [5.41, 5.74) is 1.75. The zero-order valence-corrected chi connectivity index (χ0v) is 17.6. The molecule has 0 saturated heterocycles. The first kappa shape index (κ1) is 21.8. The van der Waals surface area contributed by atoms with E-state index in [2.05, 4.69) is 20.9 Å². The lowest BCUT2D eigenvalue weighted by atomic mass is 10.2. The van der Waals surface area contributed by atoms with E-state index < -0.39 is 0 Å². The van der Waals surface area contributed by atoms with Crippen LogP contribution in [0.2, 0.25) is 0 Å². The standard InChI is InChI=1S/C23H26N4O4/c1-24-23(25-13-15-30-20-11-9-19(29-2)10-12-20)26-16-17-5-7-18(8-6-17)27-22(28)21-4-3-14-31-21/h3-12,14H,13,15-16H2,1-2H3,(H,27,28)(H2,24,25,26). The predicted molar refractivity (Wildman–Crippen MR) is 120 cm³/mol. The van der Waals surface area contributed by atoms with Gasteiger partial charge in [-0.3, -0.25) is 9.79 Å². The van der Waals surface area contributed by atoms with Gasteiger partial charge in [-0.05, 0) is 54.1 Å². The van der Waals surface area contributed by atoms with E-state index >= 15 is 0 Å². The minimum Gasteiger partial charge on any atom is -0.497 e. The molecule has 0 aliphatic heterocycles. The van der Waals surface area contributed by atoms with Crippen LogP contribution in [0.1, 0.15) is 16.1 Å². The van der Waals surface area contributed by atoms with Gasteiger partial charge < -0.3 is 29.8 Å². The van der Waals surface area contributed by atoms with Crippen molar-refractivity contribution < 1.29 is 18.7 Å². The number of anilines is 1. The molecule has 3 aromatic rings. The average Bonchev–Trinajstić information content (AvgIpc) is 3.35. The van der Waals surface area contributed by atoms with Crippen molar-refractivity contribution in [2.24, 2.45) is 4.99 Å². The van der Waals surface area contributed by atoms with E-state index in [1.54, 1.807) is 26.3 Å². The van der Waals surface area contributed by atoms with Crippen molar-refractivity contribution in [1.29, 1.82) is 0 Å². The maximum atomic E-state index is 12.0. The van der Waals surface area contributed by atoms with Crippen LogP contribution in [0.3, 0.4) is 0 Å². The van der Waals surface area contributed by atoms with E-state index in [9.17, 15) is 4.79 Å². The third-order valence-corrected chi connectivity index (χ3v) is 4.36. The third kappa shape index (κ3) is 6.81. The van der Waals surface area contributed by atoms with Crippen molar-refractivity contribution >= 4 is 17.6 Å². The summed E-state index contributed by atoms with van der Waals surface area (Å²) < 4.78 is 15.9. The molecule has 0 aliphatic carbocycles. The number of benzene rings is 2. The number of ether oxygens (including phenoxy) is 2. The molecule has 8 heteroatoms. The molecule has 0 atom stereocenters. The van der Waals surface area contributed by atoms with E-state index in [1.807, 2.05) is 48.5 Å². The highest BCUT2D eigenvalue weighted by Crippen LogP contribution is 2.16. The SMILES string of the molecule is CN=C(NCCOc1ccc(OC)cc1)NCc1ccc(NC(=O)c2ccco2)cc1. The highest BCUT2D eigenvalue weighted by atomic mass is 16.5. The lowest BCUT2D eigenvalue weighted by Crippen LogP contribution is -2.38. The van der Waals surface area contributed by atoms with Crippen molar-refractivity contribution in [1.82, 2.24) is 10.6 Å². The van der Waals surface area contributed by atoms with E-state index in [0.29, 0.717) is 31.3 Å². The smallest absolute Gasteiger partial charge is 0.291 e. The van der Waals surface area contributed by atoms with E-state index in [1.165, 1.54) is 6.26 Å². The van der Waals surface area contributed by atoms with Gasteiger partial charge in [0.1, 0.15) is 18.1 Å². The summed E-state index contributed by atoms with van der Waals surface area (Å²) in [7, 11) is 3.35. The average molecular weight is 422 g/mol. The number of amides is 1. The Bertz CT molecular complexity index is 968. The monoisotopic (exact) mass is 422 g/mol. The number of nitrogens with zero attached hydrogens (tertiary/aromatic N) is 1. The molecule has 1 amide bonds. The van der Waals surface area contributed by atoms with Gasteiger partial charge in [0.05, 0.1) is 19.9 Å². The van der Waals surface area contributed by atoms with E-state index in [0.717, 1.165) is 17.1 Å². The maximum absolute atomic E-state index is 12.0. The minimum atomic E-state index is -0.280. The lowest BCUT2D eigenvalue weighted by Gasteiger charge is -2.13. The van der Waals surface area contributed by atoms with Crippen LogP contribution in [0, 0.1) is 0 Å². The Balaban J connectivity index is 1.38. The molecule has 3 rings (SSSR count). The second kappa shape index (κ2) is 11.3. The van der Waals surface area contributed by atoms with Crippen LogP contribution in [-0.4, -0.2) is 39.2 Å². The van der Waals surface area contributed by atoms with Gasteiger partial charge in [0.25, 0.3) is 5.91 Å². The molecule has 0 saturated carbocycles. The van der Waals surface area contributed by atoms with E-state index in [4.69, 9.17) is 13.9 Å². The maximum Gasteiger partial charge on any atom is 0.291 e. The fourth-order valence-corrected chi connectivity index (χ4v) is 2.72. The highest BCUT2D eigenvalue weighted by Gasteiger charge is 2.08. The first-order chi connectivity index (χ1) is 15.2. The molecule has 0 spiro atoms. The zero-order chi connectivity index (χ0) is 21.9. The minimum absolute atomic E-state index is 0.275. The number of rotatable bonds is 9. The number of guanidine groups is 1. The number of furan rings is 1. The molecule has 3 N–H and O–H groups in total. The summed E-state index contributed by atoms with van der Waals surface area (Å²) in [6, 6.07) is 18.3. The molecule has 0 aliphatic rings. The molecule has 0 radical (unpaired) electrons. The summed E-state index contributed by atoms with van der Waals surface area (Å²) in [6.45, 7) is 1.69. The molecule has 0 unspecified atom stereocenters. The Morgan fingerprint density at radius 2 is 1.74 bits per heavy atom. The van der Waals surface area contributed by atoms with Gasteiger partial charge in [-0.2, -0.15) is 0 Å². The number of carbonyl (C=O) groups excluding carboxylic acids is 1. The lowest BCUT2D eigenvalue weighted by molar-refractivity contribution is 0.0996. The normalized spacial score (nSPS) is 11.0. The van der Waals surface area contributed by atoms with Gasteiger partial charge in [0, 0.05) is 19.3 Å². The van der Waals surface area contributed by atoms with Crippen LogP contribution in [-0.2, 0) is 6.54 Å². The number of hydrogen-bond donors (Lipinski definition) is 3. The van der Waals surface area contributed by atoms with Crippen molar-refractivity contribution in [3.63, 3.8) is 0 Å². The Labute approximate surface area is 181 Å². The molecule has 0 bridgehead atoms. The van der Waals surface area contributed by atoms with Crippen molar-refractivity contribution in [2.45, 2.75) is 6.54 Å². The van der Waals surface area contributed by atoms with Gasteiger partial charge in [-0.25, -0.2) is 0 Å². The van der Waals surface area contributed by atoms with Gasteiger partial charge >= 0.3 is 0 Å². The summed E-state index contributed by atoms with van der Waals surface area (Å²) in [5, 5.41) is 9.25. The van der Waals surface area contributed by atoms with Gasteiger partial charge in [-0.15, -0.1) is 0 Å². The molecule has 162 valence electrons. The number of nitrogens with one attached hydrogen (secondary N) is 3. The van der Waals surface area contributed by atoms with E-state index in [-0.39, 0.29) is 11.7 Å². The van der Waals surface area contributed by atoms with Crippen molar-refractivity contribution in [2.75, 3.05) is 32.6 Å². The Kier molecular flexibility index (Phi) is 7.93. The Morgan fingerprint density at radius 3 is 2.39 bits per heavy atom. The summed E-state index contributed by atoms with van der Waals surface area (Å²) in [6.07, 6.45) is 1.47. The first-order valence-corrected chi connectivity index (χ1v) is 9.83. The molecule has 1 aromatic heterocycles. The van der Waals surface area contributed by atoms with Gasteiger partial charge in [0.15, 0.2) is 11.7 Å². The first-order valence-electron chi connectivity index (χ1n) is 9.83. The van der Waals surface area contributed by atoms with Crippen molar-refractivity contribution in [3.8, 4) is 11.5 Å². The Hall–Kier alpha value is -3.94. The second-order valence-electron chi connectivity index (χ2n) is 6.50. The summed E-state index contributed by atoms with van der Waals surface area (Å²) in [5.74, 6) is 2.25. The second-order valence-corrected chi connectivity index (χ2v) is 6.50. The van der Waals surface area contributed by atoms with Crippen LogP contribution < -0.4 is 25.4 Å². The number of aliphatic imine (C=N–C) groups is 1. The fraction of sp³-hybridized carbons (Fsp3) is 0.217. The number of carbonyl (C=O) groups is 1. The third-order valence-electron chi connectivity index (χ3n) is 4.36. The molecule has 8 nitrogen and oxygen atoms in total. The molecule has 2 aromatic carbocycles. The predicted octanol–water partition coefficient (Wildman–Crippen LogP) is 3.28. The van der Waals surface area contributed by atoms with Crippen LogP contribution in [0.25, 0.3) is 0 Å². The van der Waals surface area contributed by atoms with Crippen molar-refractivity contribution in [3.05, 3.63) is 78.3 Å². The van der Waals surface area contributed by atoms with Crippen LogP contribution in [0.5, 0.6) is 11.5 Å². The molecule has 31 heavy (non-hydrogen) atoms. The van der Waals surface area contributed by atoms with Crippen LogP contribution in [0.15, 0.2) is 76.3 Å². The quantitative estimate of drug-likeness (QED) is 0.278. The topological polar surface area (TPSA) is 97.1 Å². The summed E-state index contributed by atoms with van der Waals surface area (Å²) >= 11 is 0. The van der Waals surface area contributed by atoms with Crippen LogP contribution >= 0.6 is 0 Å². The van der Waals surface area contributed by atoms with Gasteiger partial charge in [-0.1, -0.05) is 12.1 Å². The highest BCUT2D eigenvalue weighted by molar-refractivity contribution is 6.02. The fourth-order valence-electron chi connectivity index (χ4n) is 2.72.